The maximum Gasteiger partial charge on any atom is 0.129 e. The van der Waals surface area contributed by atoms with Crippen LogP contribution in [0.25, 0.3) is 0 Å². The highest BCUT2D eigenvalue weighted by Gasteiger charge is 2.24. The molecule has 1 aromatic carbocycles. The molecular formula is C17H25FN2O. The Labute approximate surface area is 126 Å². The van der Waals surface area contributed by atoms with Crippen LogP contribution in [0.3, 0.4) is 0 Å². The molecule has 4 heteroatoms. The van der Waals surface area contributed by atoms with Crippen LogP contribution in [0, 0.1) is 5.82 Å². The molecule has 1 aliphatic carbocycles. The Kier molecular flexibility index (Phi) is 4.76. The second-order valence-electron chi connectivity index (χ2n) is 6.03. The molecule has 0 aromatic heterocycles. The molecule has 0 bridgehead atoms. The number of rotatable bonds is 6. The predicted octanol–water partition coefficient (Wildman–Crippen LogP) is 3.08. The minimum absolute atomic E-state index is 0.0902. The van der Waals surface area contributed by atoms with E-state index in [1.54, 1.807) is 6.07 Å². The highest BCUT2D eigenvalue weighted by molar-refractivity contribution is 5.54. The number of piperidine rings is 1. The van der Waals surface area contributed by atoms with E-state index in [-0.39, 0.29) is 5.82 Å². The van der Waals surface area contributed by atoms with Crippen LogP contribution in [-0.2, 0) is 11.3 Å². The van der Waals surface area contributed by atoms with Crippen LogP contribution in [0.5, 0.6) is 0 Å². The van der Waals surface area contributed by atoms with Crippen LogP contribution in [0.4, 0.5) is 10.1 Å². The average molecular weight is 292 g/mol. The Morgan fingerprint density at radius 2 is 2.00 bits per heavy atom. The molecule has 21 heavy (non-hydrogen) atoms. The summed E-state index contributed by atoms with van der Waals surface area (Å²) in [6.07, 6.45) is 4.88. The first-order valence-electron chi connectivity index (χ1n) is 8.15. The van der Waals surface area contributed by atoms with Crippen molar-refractivity contribution in [1.29, 1.82) is 0 Å². The first-order chi connectivity index (χ1) is 10.3. The number of hydrogen-bond acceptors (Lipinski definition) is 3. The van der Waals surface area contributed by atoms with Gasteiger partial charge in [-0.2, -0.15) is 0 Å². The molecule has 2 fully saturated rings. The van der Waals surface area contributed by atoms with Gasteiger partial charge in [-0.15, -0.1) is 0 Å². The molecule has 2 aliphatic rings. The van der Waals surface area contributed by atoms with Crippen LogP contribution in [0.2, 0.25) is 0 Å². The number of nitrogens with one attached hydrogen (secondary N) is 1. The van der Waals surface area contributed by atoms with E-state index in [0.29, 0.717) is 18.7 Å². The summed E-state index contributed by atoms with van der Waals surface area (Å²) >= 11 is 0. The van der Waals surface area contributed by atoms with Crippen LogP contribution in [-0.4, -0.2) is 31.8 Å². The van der Waals surface area contributed by atoms with Gasteiger partial charge >= 0.3 is 0 Å². The Hall–Kier alpha value is -1.13. The van der Waals surface area contributed by atoms with Gasteiger partial charge < -0.3 is 15.0 Å². The highest BCUT2D eigenvalue weighted by Crippen LogP contribution is 2.28. The molecule has 1 saturated heterocycles. The van der Waals surface area contributed by atoms with Gasteiger partial charge in [-0.1, -0.05) is 6.07 Å². The molecule has 0 spiro atoms. The third-order valence-corrected chi connectivity index (χ3v) is 4.42. The lowest BCUT2D eigenvalue weighted by atomic mass is 10.0. The summed E-state index contributed by atoms with van der Waals surface area (Å²) in [4.78, 5) is 2.31. The molecule has 1 heterocycles. The second kappa shape index (κ2) is 6.75. The number of ether oxygens (including phenoxy) is 1. The molecule has 3 nitrogen and oxygen atoms in total. The summed E-state index contributed by atoms with van der Waals surface area (Å²) in [6.45, 7) is 5.36. The largest absolute Gasteiger partial charge is 0.378 e. The fraction of sp³-hybridized carbons (Fsp3) is 0.647. The van der Waals surface area contributed by atoms with Crippen molar-refractivity contribution in [3.63, 3.8) is 0 Å². The van der Waals surface area contributed by atoms with Crippen molar-refractivity contribution in [3.8, 4) is 0 Å². The first kappa shape index (κ1) is 14.8. The molecule has 0 unspecified atom stereocenters. The summed E-state index contributed by atoms with van der Waals surface area (Å²) in [5.41, 5.74) is 1.87. The molecule has 1 saturated carbocycles. The topological polar surface area (TPSA) is 24.5 Å². The third-order valence-electron chi connectivity index (χ3n) is 4.42. The van der Waals surface area contributed by atoms with E-state index in [1.807, 2.05) is 19.1 Å². The highest BCUT2D eigenvalue weighted by atomic mass is 19.1. The van der Waals surface area contributed by atoms with Crippen molar-refractivity contribution in [1.82, 2.24) is 5.32 Å². The van der Waals surface area contributed by atoms with Crippen molar-refractivity contribution in [3.05, 3.63) is 29.6 Å². The lowest BCUT2D eigenvalue weighted by molar-refractivity contribution is 0.0459. The zero-order chi connectivity index (χ0) is 14.7. The molecule has 3 rings (SSSR count). The van der Waals surface area contributed by atoms with Crippen LogP contribution < -0.4 is 10.2 Å². The lowest BCUT2D eigenvalue weighted by Crippen LogP contribution is -2.38. The van der Waals surface area contributed by atoms with Crippen LogP contribution in [0.15, 0.2) is 18.2 Å². The first-order valence-corrected chi connectivity index (χ1v) is 8.15. The fourth-order valence-corrected chi connectivity index (χ4v) is 3.05. The van der Waals surface area contributed by atoms with Crippen molar-refractivity contribution in [2.24, 2.45) is 0 Å². The van der Waals surface area contributed by atoms with E-state index < -0.39 is 0 Å². The van der Waals surface area contributed by atoms with Gasteiger partial charge in [0.15, 0.2) is 0 Å². The maximum atomic E-state index is 14.2. The van der Waals surface area contributed by atoms with E-state index in [1.165, 1.54) is 12.8 Å². The Morgan fingerprint density at radius 1 is 1.24 bits per heavy atom. The van der Waals surface area contributed by atoms with Crippen molar-refractivity contribution < 1.29 is 9.13 Å². The smallest absolute Gasteiger partial charge is 0.129 e. The SMILES string of the molecule is CCOC1CCN(c2cccc(F)c2CNC2CC2)CC1. The van der Waals surface area contributed by atoms with E-state index in [9.17, 15) is 4.39 Å². The molecule has 1 aromatic rings. The summed E-state index contributed by atoms with van der Waals surface area (Å²) in [7, 11) is 0. The fourth-order valence-electron chi connectivity index (χ4n) is 3.05. The van der Waals surface area contributed by atoms with E-state index in [2.05, 4.69) is 10.2 Å². The van der Waals surface area contributed by atoms with Crippen LogP contribution in [0.1, 0.15) is 38.2 Å². The van der Waals surface area contributed by atoms with Gasteiger partial charge in [0.2, 0.25) is 0 Å². The van der Waals surface area contributed by atoms with Gasteiger partial charge in [-0.3, -0.25) is 0 Å². The summed E-state index contributed by atoms with van der Waals surface area (Å²) in [6, 6.07) is 6.04. The zero-order valence-corrected chi connectivity index (χ0v) is 12.8. The molecule has 116 valence electrons. The minimum Gasteiger partial charge on any atom is -0.378 e. The minimum atomic E-state index is -0.0902. The molecule has 0 amide bonds. The Morgan fingerprint density at radius 3 is 2.67 bits per heavy atom. The number of halogens is 1. The van der Waals surface area contributed by atoms with Gasteiger partial charge in [0.1, 0.15) is 5.82 Å². The molecule has 0 radical (unpaired) electrons. The van der Waals surface area contributed by atoms with Gasteiger partial charge in [-0.25, -0.2) is 4.39 Å². The average Bonchev–Trinajstić information content (AvgIpc) is 3.31. The third kappa shape index (κ3) is 3.74. The van der Waals surface area contributed by atoms with E-state index in [0.717, 1.165) is 43.8 Å². The van der Waals surface area contributed by atoms with Crippen LogP contribution >= 0.6 is 0 Å². The standard InChI is InChI=1S/C17H25FN2O/c1-2-21-14-8-10-20(11-9-14)17-5-3-4-16(18)15(17)12-19-13-6-7-13/h3-5,13-14,19H,2,6-12H2,1H3. The van der Waals surface area contributed by atoms with Gasteiger partial charge in [0.05, 0.1) is 6.10 Å². The molecular weight excluding hydrogens is 267 g/mol. The van der Waals surface area contributed by atoms with Gasteiger partial charge in [0, 0.05) is 43.5 Å². The molecule has 1 N–H and O–H groups in total. The van der Waals surface area contributed by atoms with Crippen molar-refractivity contribution >= 4 is 5.69 Å². The normalized spacial score (nSPS) is 20.0. The number of nitrogens with zero attached hydrogens (tertiary/aromatic N) is 1. The van der Waals surface area contributed by atoms with Gasteiger partial charge in [0.25, 0.3) is 0 Å². The van der Waals surface area contributed by atoms with E-state index in [4.69, 9.17) is 4.74 Å². The number of benzene rings is 1. The Bertz CT molecular complexity index is 468. The number of hydrogen-bond donors (Lipinski definition) is 1. The summed E-state index contributed by atoms with van der Waals surface area (Å²) in [5.74, 6) is -0.0902. The quantitative estimate of drug-likeness (QED) is 0.872. The van der Waals surface area contributed by atoms with E-state index >= 15 is 0 Å². The Balaban J connectivity index is 1.67. The summed E-state index contributed by atoms with van der Waals surface area (Å²) in [5, 5.41) is 3.43. The second-order valence-corrected chi connectivity index (χ2v) is 6.03. The monoisotopic (exact) mass is 292 g/mol. The predicted molar refractivity (Wildman–Crippen MR) is 83.1 cm³/mol. The lowest BCUT2D eigenvalue weighted by Gasteiger charge is -2.34. The summed E-state index contributed by atoms with van der Waals surface area (Å²) < 4.78 is 19.9. The molecule has 0 atom stereocenters. The van der Waals surface area contributed by atoms with Gasteiger partial charge in [-0.05, 0) is 44.7 Å². The maximum absolute atomic E-state index is 14.2. The van der Waals surface area contributed by atoms with Crippen molar-refractivity contribution in [2.45, 2.75) is 51.3 Å². The molecule has 1 aliphatic heterocycles. The zero-order valence-electron chi connectivity index (χ0n) is 12.8. The van der Waals surface area contributed by atoms with Crippen molar-refractivity contribution in [2.75, 3.05) is 24.6 Å². The number of anilines is 1.